The molecular formula is C11H9Cl2F2NO3S. The first-order valence-corrected chi connectivity index (χ1v) is 8.24. The zero-order valence-electron chi connectivity index (χ0n) is 10.1. The van der Waals surface area contributed by atoms with Gasteiger partial charge in [0.1, 0.15) is 4.90 Å². The van der Waals surface area contributed by atoms with Gasteiger partial charge >= 0.3 is 0 Å². The van der Waals surface area contributed by atoms with E-state index in [0.717, 1.165) is 6.42 Å². The molecule has 20 heavy (non-hydrogen) atoms. The van der Waals surface area contributed by atoms with Crippen molar-refractivity contribution in [2.24, 2.45) is 5.92 Å². The Morgan fingerprint density at radius 2 is 2.00 bits per heavy atom. The Bertz CT molecular complexity index is 693. The molecule has 0 spiro atoms. The van der Waals surface area contributed by atoms with Crippen molar-refractivity contribution >= 4 is 37.2 Å². The summed E-state index contributed by atoms with van der Waals surface area (Å²) in [5.41, 5.74) is -0.469. The molecule has 9 heteroatoms. The predicted octanol–water partition coefficient (Wildman–Crippen LogP) is 2.68. The molecule has 1 N–H and O–H groups in total. The predicted molar refractivity (Wildman–Crippen MR) is 69.4 cm³/mol. The maximum absolute atomic E-state index is 13.5. The Kier molecular flexibility index (Phi) is 3.96. The van der Waals surface area contributed by atoms with E-state index in [2.05, 4.69) is 5.32 Å². The Morgan fingerprint density at radius 3 is 2.45 bits per heavy atom. The van der Waals surface area contributed by atoms with Crippen molar-refractivity contribution in [2.45, 2.75) is 24.3 Å². The number of benzene rings is 1. The fourth-order valence-electron chi connectivity index (χ4n) is 1.73. The molecular weight excluding hydrogens is 335 g/mol. The lowest BCUT2D eigenvalue weighted by Crippen LogP contribution is -2.27. The second kappa shape index (κ2) is 5.13. The highest BCUT2D eigenvalue weighted by Crippen LogP contribution is 2.34. The smallest absolute Gasteiger partial charge is 0.265 e. The summed E-state index contributed by atoms with van der Waals surface area (Å²) in [7, 11) is 0.387. The van der Waals surface area contributed by atoms with Crippen molar-refractivity contribution in [3.63, 3.8) is 0 Å². The second-order valence-corrected chi connectivity index (χ2v) is 7.47. The number of halogens is 4. The third-order valence-electron chi connectivity index (χ3n) is 3.03. The molecule has 1 amide bonds. The first kappa shape index (κ1) is 15.5. The lowest BCUT2D eigenvalue weighted by molar-refractivity contribution is 0.0948. The van der Waals surface area contributed by atoms with Gasteiger partial charge in [0.2, 0.25) is 0 Å². The SMILES string of the molecule is CC1CC1NC(=O)c1cc(F)c(F)c(S(=O)(=O)Cl)c1Cl. The van der Waals surface area contributed by atoms with Gasteiger partial charge in [0.15, 0.2) is 11.6 Å². The molecule has 2 atom stereocenters. The molecule has 0 bridgehead atoms. The van der Waals surface area contributed by atoms with Crippen molar-refractivity contribution in [1.29, 1.82) is 0 Å². The summed E-state index contributed by atoms with van der Waals surface area (Å²) >= 11 is 5.67. The fraction of sp³-hybridized carbons (Fsp3) is 0.364. The fourth-order valence-corrected chi connectivity index (χ4v) is 3.45. The maximum Gasteiger partial charge on any atom is 0.265 e. The summed E-state index contributed by atoms with van der Waals surface area (Å²) in [5, 5.41) is 1.80. The average Bonchev–Trinajstić information content (AvgIpc) is 2.97. The molecule has 1 aliphatic rings. The van der Waals surface area contributed by atoms with Crippen LogP contribution in [0.2, 0.25) is 5.02 Å². The first-order valence-electron chi connectivity index (χ1n) is 5.56. The third-order valence-corrected chi connectivity index (χ3v) is 4.87. The van der Waals surface area contributed by atoms with Crippen LogP contribution in [0, 0.1) is 17.6 Å². The molecule has 2 unspecified atom stereocenters. The average molecular weight is 344 g/mol. The Balaban J connectivity index is 2.49. The molecule has 0 heterocycles. The highest BCUT2D eigenvalue weighted by molar-refractivity contribution is 8.13. The Labute approximate surface area is 123 Å². The van der Waals surface area contributed by atoms with Crippen LogP contribution in [0.5, 0.6) is 0 Å². The van der Waals surface area contributed by atoms with E-state index >= 15 is 0 Å². The minimum Gasteiger partial charge on any atom is -0.349 e. The minimum absolute atomic E-state index is 0.0808. The van der Waals surface area contributed by atoms with E-state index in [1.165, 1.54) is 0 Å². The van der Waals surface area contributed by atoms with Crippen molar-refractivity contribution in [1.82, 2.24) is 5.32 Å². The molecule has 1 aliphatic carbocycles. The van der Waals surface area contributed by atoms with Crippen LogP contribution in [0.15, 0.2) is 11.0 Å². The normalized spacial score (nSPS) is 21.6. The van der Waals surface area contributed by atoms with Crippen molar-refractivity contribution in [3.8, 4) is 0 Å². The van der Waals surface area contributed by atoms with Crippen LogP contribution in [0.3, 0.4) is 0 Å². The minimum atomic E-state index is -4.62. The maximum atomic E-state index is 13.5. The van der Waals surface area contributed by atoms with E-state index < -0.39 is 42.1 Å². The van der Waals surface area contributed by atoms with Gasteiger partial charge in [-0.2, -0.15) is 0 Å². The lowest BCUT2D eigenvalue weighted by atomic mass is 10.2. The lowest BCUT2D eigenvalue weighted by Gasteiger charge is -2.10. The molecule has 0 radical (unpaired) electrons. The summed E-state index contributed by atoms with van der Waals surface area (Å²) < 4.78 is 49.3. The largest absolute Gasteiger partial charge is 0.349 e. The van der Waals surface area contributed by atoms with Gasteiger partial charge in [-0.1, -0.05) is 18.5 Å². The zero-order valence-corrected chi connectivity index (χ0v) is 12.4. The van der Waals surface area contributed by atoms with Crippen LogP contribution in [-0.2, 0) is 9.05 Å². The summed E-state index contributed by atoms with van der Waals surface area (Å²) in [4.78, 5) is 10.7. The number of amides is 1. The first-order chi connectivity index (χ1) is 9.12. The summed E-state index contributed by atoms with van der Waals surface area (Å²) in [6.07, 6.45) is 0.758. The molecule has 0 aromatic heterocycles. The number of carbonyl (C=O) groups excluding carboxylic acids is 1. The highest BCUT2D eigenvalue weighted by Gasteiger charge is 2.35. The summed E-state index contributed by atoms with van der Waals surface area (Å²) in [5.74, 6) is -3.71. The molecule has 1 fully saturated rings. The molecule has 2 rings (SSSR count). The molecule has 1 saturated carbocycles. The van der Waals surface area contributed by atoms with E-state index in [1.54, 1.807) is 0 Å². The number of hydrogen-bond donors (Lipinski definition) is 1. The van der Waals surface area contributed by atoms with Gasteiger partial charge in [-0.25, -0.2) is 17.2 Å². The highest BCUT2D eigenvalue weighted by atomic mass is 35.7. The van der Waals surface area contributed by atoms with Crippen LogP contribution in [0.4, 0.5) is 8.78 Å². The Morgan fingerprint density at radius 1 is 1.45 bits per heavy atom. The number of rotatable bonds is 3. The number of nitrogens with one attached hydrogen (secondary N) is 1. The topological polar surface area (TPSA) is 63.2 Å². The van der Waals surface area contributed by atoms with E-state index in [1.807, 2.05) is 6.92 Å². The third kappa shape index (κ3) is 2.89. The van der Waals surface area contributed by atoms with Gasteiger partial charge in [0.05, 0.1) is 10.6 Å². The van der Waals surface area contributed by atoms with Gasteiger partial charge in [-0.05, 0) is 18.4 Å². The van der Waals surface area contributed by atoms with Crippen LogP contribution < -0.4 is 5.32 Å². The van der Waals surface area contributed by atoms with E-state index in [-0.39, 0.29) is 12.0 Å². The molecule has 1 aromatic rings. The standard InChI is InChI=1S/C11H9Cl2F2NO3S/c1-4-2-7(4)16-11(17)5-3-6(14)9(15)10(8(5)12)20(13,18)19/h3-4,7H,2H2,1H3,(H,16,17). The monoisotopic (exact) mass is 343 g/mol. The van der Waals surface area contributed by atoms with Gasteiger partial charge < -0.3 is 5.32 Å². The summed E-state index contributed by atoms with van der Waals surface area (Å²) in [6, 6.07) is 0.466. The van der Waals surface area contributed by atoms with E-state index in [4.69, 9.17) is 22.3 Å². The van der Waals surface area contributed by atoms with E-state index in [9.17, 15) is 22.0 Å². The number of hydrogen-bond acceptors (Lipinski definition) is 3. The second-order valence-electron chi connectivity index (χ2n) is 4.59. The van der Waals surface area contributed by atoms with E-state index in [0.29, 0.717) is 6.07 Å². The van der Waals surface area contributed by atoms with Gasteiger partial charge in [-0.3, -0.25) is 4.79 Å². The molecule has 1 aromatic carbocycles. The quantitative estimate of drug-likeness (QED) is 0.677. The van der Waals surface area contributed by atoms with Crippen LogP contribution in [-0.4, -0.2) is 20.4 Å². The molecule has 110 valence electrons. The van der Waals surface area contributed by atoms with Crippen LogP contribution in [0.1, 0.15) is 23.7 Å². The van der Waals surface area contributed by atoms with Crippen molar-refractivity contribution in [2.75, 3.05) is 0 Å². The van der Waals surface area contributed by atoms with Crippen LogP contribution in [0.25, 0.3) is 0 Å². The number of carbonyl (C=O) groups is 1. The molecule has 4 nitrogen and oxygen atoms in total. The van der Waals surface area contributed by atoms with Crippen molar-refractivity contribution < 1.29 is 22.0 Å². The zero-order chi connectivity index (χ0) is 15.2. The molecule has 0 saturated heterocycles. The van der Waals surface area contributed by atoms with Crippen LogP contribution >= 0.6 is 22.3 Å². The Hall–Kier alpha value is -0.920. The summed E-state index contributed by atoms with van der Waals surface area (Å²) in [6.45, 7) is 1.90. The van der Waals surface area contributed by atoms with Crippen molar-refractivity contribution in [3.05, 3.63) is 28.3 Å². The van der Waals surface area contributed by atoms with Gasteiger partial charge in [0.25, 0.3) is 15.0 Å². The van der Waals surface area contributed by atoms with Gasteiger partial charge in [-0.15, -0.1) is 0 Å². The molecule has 0 aliphatic heterocycles. The van der Waals surface area contributed by atoms with Gasteiger partial charge in [0, 0.05) is 16.7 Å².